The molecule has 0 aliphatic carbocycles. The first-order valence-corrected chi connectivity index (χ1v) is 7.05. The van der Waals surface area contributed by atoms with Crippen molar-refractivity contribution in [3.8, 4) is 0 Å². The van der Waals surface area contributed by atoms with Gasteiger partial charge in [-0.05, 0) is 48.7 Å². The molecule has 2 aromatic heterocycles. The van der Waals surface area contributed by atoms with E-state index in [1.807, 2.05) is 24.5 Å². The van der Waals surface area contributed by atoms with E-state index in [2.05, 4.69) is 49.9 Å². The zero-order valence-electron chi connectivity index (χ0n) is 10.7. The minimum Gasteiger partial charge on any atom is -0.342 e. The molecule has 1 N–H and O–H groups in total. The summed E-state index contributed by atoms with van der Waals surface area (Å²) in [4.78, 5) is 12.1. The van der Waals surface area contributed by atoms with Crippen molar-refractivity contribution in [3.05, 3.63) is 58.1 Å². The second-order valence-corrected chi connectivity index (χ2v) is 5.57. The molecule has 0 spiro atoms. The summed E-state index contributed by atoms with van der Waals surface area (Å²) in [5.74, 6) is 1.04. The molecule has 0 fully saturated rings. The Morgan fingerprint density at radius 3 is 2.74 bits per heavy atom. The van der Waals surface area contributed by atoms with Crippen LogP contribution in [0.1, 0.15) is 17.0 Å². The van der Waals surface area contributed by atoms with Crippen molar-refractivity contribution in [2.24, 2.45) is 0 Å². The molecule has 4 heteroatoms. The highest BCUT2D eigenvalue weighted by atomic mass is 79.9. The quantitative estimate of drug-likeness (QED) is 0.798. The van der Waals surface area contributed by atoms with E-state index in [0.717, 1.165) is 34.2 Å². The number of benzene rings is 1. The zero-order chi connectivity index (χ0) is 13.2. The average Bonchev–Trinajstić information content (AvgIpc) is 2.81. The molecule has 0 saturated heterocycles. The van der Waals surface area contributed by atoms with Gasteiger partial charge in [-0.15, -0.1) is 0 Å². The maximum atomic E-state index is 4.68. The van der Waals surface area contributed by atoms with Gasteiger partial charge in [-0.25, -0.2) is 4.98 Å². The number of nitrogens with zero attached hydrogens (tertiary/aromatic N) is 2. The van der Waals surface area contributed by atoms with Crippen LogP contribution in [0.3, 0.4) is 0 Å². The number of hydrogen-bond acceptors (Lipinski definition) is 2. The molecule has 3 nitrogen and oxygen atoms in total. The van der Waals surface area contributed by atoms with Crippen LogP contribution in [-0.4, -0.2) is 15.0 Å². The van der Waals surface area contributed by atoms with Crippen molar-refractivity contribution in [3.63, 3.8) is 0 Å². The number of aromatic nitrogens is 3. The fraction of sp³-hybridized carbons (Fsp3) is 0.200. The number of hydrogen-bond donors (Lipinski definition) is 1. The number of halogens is 1. The predicted molar refractivity (Wildman–Crippen MR) is 80.2 cm³/mol. The lowest BCUT2D eigenvalue weighted by Crippen LogP contribution is -1.93. The third-order valence-electron chi connectivity index (χ3n) is 3.19. The van der Waals surface area contributed by atoms with E-state index in [0.29, 0.717) is 0 Å². The monoisotopic (exact) mass is 315 g/mol. The van der Waals surface area contributed by atoms with Crippen molar-refractivity contribution in [1.29, 1.82) is 0 Å². The summed E-state index contributed by atoms with van der Waals surface area (Å²) < 4.78 is 1.09. The smallest absolute Gasteiger partial charge is 0.107 e. The van der Waals surface area contributed by atoms with E-state index in [9.17, 15) is 0 Å². The summed E-state index contributed by atoms with van der Waals surface area (Å²) in [5.41, 5.74) is 4.63. The molecule has 0 aliphatic rings. The van der Waals surface area contributed by atoms with Crippen LogP contribution < -0.4 is 0 Å². The molecule has 0 radical (unpaired) electrons. The Bertz CT molecular complexity index is 704. The fourth-order valence-electron chi connectivity index (χ4n) is 2.23. The first-order chi connectivity index (χ1) is 9.22. The molecule has 0 saturated carbocycles. The summed E-state index contributed by atoms with van der Waals surface area (Å²) in [5, 5.41) is 0. The Balaban J connectivity index is 1.84. The summed E-state index contributed by atoms with van der Waals surface area (Å²) in [6.45, 7) is 2.08. The average molecular weight is 316 g/mol. The van der Waals surface area contributed by atoms with Crippen molar-refractivity contribution >= 4 is 27.0 Å². The van der Waals surface area contributed by atoms with Crippen LogP contribution in [0, 0.1) is 6.92 Å². The molecule has 0 bridgehead atoms. The van der Waals surface area contributed by atoms with Crippen molar-refractivity contribution in [2.45, 2.75) is 19.8 Å². The van der Waals surface area contributed by atoms with Crippen LogP contribution in [0.5, 0.6) is 0 Å². The van der Waals surface area contributed by atoms with Crippen molar-refractivity contribution < 1.29 is 0 Å². The van der Waals surface area contributed by atoms with Crippen LogP contribution in [0.15, 0.2) is 41.1 Å². The van der Waals surface area contributed by atoms with E-state index < -0.39 is 0 Å². The fourth-order valence-corrected chi connectivity index (χ4v) is 2.80. The Hall–Kier alpha value is -1.68. The SMILES string of the molecule is Cc1cc(Br)cc2[nH]c(CCc3ccncc3)nc12. The van der Waals surface area contributed by atoms with Gasteiger partial charge in [-0.2, -0.15) is 0 Å². The largest absolute Gasteiger partial charge is 0.342 e. The number of pyridine rings is 1. The van der Waals surface area contributed by atoms with Crippen LogP contribution in [0.4, 0.5) is 0 Å². The Labute approximate surface area is 120 Å². The van der Waals surface area contributed by atoms with E-state index in [1.165, 1.54) is 11.1 Å². The van der Waals surface area contributed by atoms with Crippen LogP contribution in [0.25, 0.3) is 11.0 Å². The Morgan fingerprint density at radius 1 is 1.16 bits per heavy atom. The summed E-state index contributed by atoms with van der Waals surface area (Å²) in [6.07, 6.45) is 5.54. The molecule has 0 atom stereocenters. The standard InChI is InChI=1S/C15H14BrN3/c1-10-8-12(16)9-13-15(10)19-14(18-13)3-2-11-4-6-17-7-5-11/h4-9H,2-3H2,1H3,(H,18,19). The Kier molecular flexibility index (Phi) is 3.34. The highest BCUT2D eigenvalue weighted by molar-refractivity contribution is 9.10. The van der Waals surface area contributed by atoms with Gasteiger partial charge < -0.3 is 4.98 Å². The van der Waals surface area contributed by atoms with Crippen LogP contribution in [-0.2, 0) is 12.8 Å². The van der Waals surface area contributed by atoms with Crippen molar-refractivity contribution in [1.82, 2.24) is 15.0 Å². The molecular formula is C15H14BrN3. The van der Waals surface area contributed by atoms with Gasteiger partial charge in [0.2, 0.25) is 0 Å². The van der Waals surface area contributed by atoms with Gasteiger partial charge in [0.1, 0.15) is 5.82 Å². The van der Waals surface area contributed by atoms with E-state index in [1.54, 1.807) is 0 Å². The Morgan fingerprint density at radius 2 is 1.95 bits per heavy atom. The topological polar surface area (TPSA) is 41.6 Å². The lowest BCUT2D eigenvalue weighted by molar-refractivity contribution is 0.887. The lowest BCUT2D eigenvalue weighted by Gasteiger charge is -1.97. The number of aryl methyl sites for hydroxylation is 3. The number of nitrogens with one attached hydrogen (secondary N) is 1. The molecule has 3 rings (SSSR count). The number of aromatic amines is 1. The summed E-state index contributed by atoms with van der Waals surface area (Å²) in [6, 6.07) is 8.26. The van der Waals surface area contributed by atoms with Gasteiger partial charge >= 0.3 is 0 Å². The first kappa shape index (κ1) is 12.4. The number of fused-ring (bicyclic) bond motifs is 1. The van der Waals surface area contributed by atoms with Gasteiger partial charge in [0.15, 0.2) is 0 Å². The highest BCUT2D eigenvalue weighted by Gasteiger charge is 2.06. The normalized spacial score (nSPS) is 11.1. The summed E-state index contributed by atoms with van der Waals surface area (Å²) in [7, 11) is 0. The van der Waals surface area contributed by atoms with E-state index >= 15 is 0 Å². The van der Waals surface area contributed by atoms with Crippen molar-refractivity contribution in [2.75, 3.05) is 0 Å². The third kappa shape index (κ3) is 2.68. The maximum absolute atomic E-state index is 4.68. The van der Waals surface area contributed by atoms with Crippen LogP contribution in [0.2, 0.25) is 0 Å². The number of rotatable bonds is 3. The first-order valence-electron chi connectivity index (χ1n) is 6.26. The van der Waals surface area contributed by atoms with Gasteiger partial charge in [0, 0.05) is 23.3 Å². The lowest BCUT2D eigenvalue weighted by atomic mass is 10.1. The molecule has 3 aromatic rings. The summed E-state index contributed by atoms with van der Waals surface area (Å²) >= 11 is 3.51. The van der Waals surface area contributed by atoms with Gasteiger partial charge in [-0.1, -0.05) is 15.9 Å². The predicted octanol–water partition coefficient (Wildman–Crippen LogP) is 3.81. The molecule has 19 heavy (non-hydrogen) atoms. The van der Waals surface area contributed by atoms with Gasteiger partial charge in [0.25, 0.3) is 0 Å². The van der Waals surface area contributed by atoms with E-state index in [-0.39, 0.29) is 0 Å². The zero-order valence-corrected chi connectivity index (χ0v) is 12.2. The number of imidazole rings is 1. The minimum atomic E-state index is 0.912. The molecule has 0 unspecified atom stereocenters. The van der Waals surface area contributed by atoms with Crippen LogP contribution >= 0.6 is 15.9 Å². The van der Waals surface area contributed by atoms with Gasteiger partial charge in [-0.3, -0.25) is 4.98 Å². The number of H-pyrrole nitrogens is 1. The third-order valence-corrected chi connectivity index (χ3v) is 3.65. The molecule has 96 valence electrons. The second-order valence-electron chi connectivity index (χ2n) is 4.66. The molecule has 0 aliphatic heterocycles. The molecular weight excluding hydrogens is 302 g/mol. The van der Waals surface area contributed by atoms with Gasteiger partial charge in [0.05, 0.1) is 11.0 Å². The molecule has 2 heterocycles. The second kappa shape index (κ2) is 5.13. The highest BCUT2D eigenvalue weighted by Crippen LogP contribution is 2.22. The molecule has 0 amide bonds. The minimum absolute atomic E-state index is 0.912. The van der Waals surface area contributed by atoms with E-state index in [4.69, 9.17) is 0 Å². The maximum Gasteiger partial charge on any atom is 0.107 e. The molecule has 1 aromatic carbocycles.